The van der Waals surface area contributed by atoms with E-state index in [1.807, 2.05) is 0 Å². The molecule has 3 rings (SSSR count). The molecule has 3 N–H and O–H groups in total. The molecule has 0 aliphatic heterocycles. The van der Waals surface area contributed by atoms with Crippen molar-refractivity contribution in [2.75, 3.05) is 7.11 Å². The molecule has 1 amide bonds. The number of carbonyl (C=O) groups excluding carboxylic acids is 1. The van der Waals surface area contributed by atoms with E-state index < -0.39 is 27.8 Å². The molecule has 0 unspecified atom stereocenters. The Kier molecular flexibility index (Phi) is 4.70. The summed E-state index contributed by atoms with van der Waals surface area (Å²) in [6, 6.07) is 3.94. The number of carbonyl (C=O) groups is 2. The molecule has 1 aromatic carbocycles. The minimum atomic E-state index is -3.77. The Bertz CT molecular complexity index is 797. The predicted octanol–water partition coefficient (Wildman–Crippen LogP) is 0.729. The first kappa shape index (κ1) is 17.7. The molecule has 0 saturated heterocycles. The standard InChI is InChI=1S/C16H20N2O6S/c1-24-13-5-2-9(8-14(13)25(22,23)18-11-3-4-11)15(19)17-12-6-10(7-12)16(20)21/h2,5,8,10-12,18H,3-4,6-7H2,1H3,(H,17,19)(H,20,21). The lowest BCUT2D eigenvalue weighted by Gasteiger charge is -2.32. The van der Waals surface area contributed by atoms with Crippen molar-refractivity contribution in [2.24, 2.45) is 5.92 Å². The molecular weight excluding hydrogens is 348 g/mol. The molecule has 0 atom stereocenters. The number of amides is 1. The van der Waals surface area contributed by atoms with Gasteiger partial charge in [0.05, 0.1) is 13.0 Å². The molecule has 136 valence electrons. The number of nitrogens with one attached hydrogen (secondary N) is 2. The fourth-order valence-electron chi connectivity index (χ4n) is 2.72. The second-order valence-electron chi connectivity index (χ2n) is 6.44. The summed E-state index contributed by atoms with van der Waals surface area (Å²) in [5.41, 5.74) is 0.191. The van der Waals surface area contributed by atoms with Crippen LogP contribution in [0.4, 0.5) is 0 Å². The normalized spacial score (nSPS) is 22.8. The monoisotopic (exact) mass is 368 g/mol. The zero-order chi connectivity index (χ0) is 18.2. The number of ether oxygens (including phenoxy) is 1. The van der Waals surface area contributed by atoms with E-state index in [2.05, 4.69) is 10.0 Å². The number of aliphatic carboxylic acids is 1. The second-order valence-corrected chi connectivity index (χ2v) is 8.12. The van der Waals surface area contributed by atoms with E-state index in [0.29, 0.717) is 12.8 Å². The van der Waals surface area contributed by atoms with Crippen LogP contribution in [0.3, 0.4) is 0 Å². The van der Waals surface area contributed by atoms with Crippen molar-refractivity contribution in [3.05, 3.63) is 23.8 Å². The molecular formula is C16H20N2O6S. The van der Waals surface area contributed by atoms with E-state index in [0.717, 1.165) is 12.8 Å². The lowest BCUT2D eigenvalue weighted by atomic mass is 9.80. The predicted molar refractivity (Wildman–Crippen MR) is 88.0 cm³/mol. The number of carboxylic acid groups (broad SMARTS) is 1. The number of sulfonamides is 1. The summed E-state index contributed by atoms with van der Waals surface area (Å²) >= 11 is 0. The Morgan fingerprint density at radius 2 is 1.88 bits per heavy atom. The molecule has 0 heterocycles. The first-order chi connectivity index (χ1) is 11.8. The molecule has 1 aromatic rings. The number of carboxylic acids is 1. The first-order valence-electron chi connectivity index (χ1n) is 8.04. The van der Waals surface area contributed by atoms with Gasteiger partial charge in [-0.05, 0) is 43.9 Å². The lowest BCUT2D eigenvalue weighted by molar-refractivity contribution is -0.145. The van der Waals surface area contributed by atoms with E-state index in [9.17, 15) is 18.0 Å². The van der Waals surface area contributed by atoms with Gasteiger partial charge in [-0.2, -0.15) is 0 Å². The average Bonchev–Trinajstić information content (AvgIpc) is 3.32. The second kappa shape index (κ2) is 6.64. The molecule has 0 aromatic heterocycles. The zero-order valence-corrected chi connectivity index (χ0v) is 14.5. The Balaban J connectivity index is 1.75. The molecule has 0 spiro atoms. The fourth-order valence-corrected chi connectivity index (χ4v) is 4.22. The van der Waals surface area contributed by atoms with Gasteiger partial charge in [0.2, 0.25) is 10.0 Å². The maximum absolute atomic E-state index is 12.5. The lowest BCUT2D eigenvalue weighted by Crippen LogP contribution is -2.46. The van der Waals surface area contributed by atoms with Gasteiger partial charge in [-0.15, -0.1) is 0 Å². The first-order valence-corrected chi connectivity index (χ1v) is 9.52. The number of benzene rings is 1. The van der Waals surface area contributed by atoms with Crippen molar-refractivity contribution in [3.63, 3.8) is 0 Å². The highest BCUT2D eigenvalue weighted by Crippen LogP contribution is 2.30. The van der Waals surface area contributed by atoms with Crippen LogP contribution in [0.1, 0.15) is 36.0 Å². The van der Waals surface area contributed by atoms with Crippen molar-refractivity contribution in [1.82, 2.24) is 10.0 Å². The Labute approximate surface area is 145 Å². The van der Waals surface area contributed by atoms with Gasteiger partial charge in [0.15, 0.2) is 0 Å². The van der Waals surface area contributed by atoms with Gasteiger partial charge in [0.25, 0.3) is 5.91 Å². The van der Waals surface area contributed by atoms with Crippen LogP contribution in [-0.2, 0) is 14.8 Å². The van der Waals surface area contributed by atoms with E-state index in [1.54, 1.807) is 0 Å². The summed E-state index contributed by atoms with van der Waals surface area (Å²) in [6.07, 6.45) is 2.36. The molecule has 2 aliphatic rings. The van der Waals surface area contributed by atoms with Gasteiger partial charge in [0.1, 0.15) is 10.6 Å². The van der Waals surface area contributed by atoms with Crippen LogP contribution in [0.25, 0.3) is 0 Å². The smallest absolute Gasteiger partial charge is 0.306 e. The van der Waals surface area contributed by atoms with Crippen molar-refractivity contribution >= 4 is 21.9 Å². The fraction of sp³-hybridized carbons (Fsp3) is 0.500. The highest BCUT2D eigenvalue weighted by Gasteiger charge is 2.36. The zero-order valence-electron chi connectivity index (χ0n) is 13.7. The summed E-state index contributed by atoms with van der Waals surface area (Å²) in [7, 11) is -2.40. The highest BCUT2D eigenvalue weighted by atomic mass is 32.2. The van der Waals surface area contributed by atoms with Gasteiger partial charge >= 0.3 is 5.97 Å². The number of hydrogen-bond acceptors (Lipinski definition) is 5. The Hall–Kier alpha value is -2.13. The van der Waals surface area contributed by atoms with Crippen LogP contribution in [-0.4, -0.2) is 44.6 Å². The van der Waals surface area contributed by atoms with Crippen molar-refractivity contribution in [1.29, 1.82) is 0 Å². The molecule has 0 radical (unpaired) electrons. The van der Waals surface area contributed by atoms with Gasteiger partial charge in [-0.3, -0.25) is 9.59 Å². The molecule has 25 heavy (non-hydrogen) atoms. The Morgan fingerprint density at radius 1 is 1.20 bits per heavy atom. The van der Waals surface area contributed by atoms with E-state index in [1.165, 1.54) is 25.3 Å². The van der Waals surface area contributed by atoms with Crippen molar-refractivity contribution in [3.8, 4) is 5.75 Å². The van der Waals surface area contributed by atoms with Gasteiger partial charge in [0, 0.05) is 17.6 Å². The van der Waals surface area contributed by atoms with Crippen LogP contribution in [0.15, 0.2) is 23.1 Å². The maximum Gasteiger partial charge on any atom is 0.306 e. The summed E-state index contributed by atoms with van der Waals surface area (Å²) in [5, 5.41) is 11.6. The highest BCUT2D eigenvalue weighted by molar-refractivity contribution is 7.89. The van der Waals surface area contributed by atoms with Crippen molar-refractivity contribution in [2.45, 2.75) is 42.7 Å². The Morgan fingerprint density at radius 3 is 2.44 bits per heavy atom. The third kappa shape index (κ3) is 3.93. The number of hydrogen-bond donors (Lipinski definition) is 3. The quantitative estimate of drug-likeness (QED) is 0.652. The summed E-state index contributed by atoms with van der Waals surface area (Å²) < 4.78 is 32.6. The summed E-state index contributed by atoms with van der Waals surface area (Å²) in [5.74, 6) is -1.56. The average molecular weight is 368 g/mol. The van der Waals surface area contributed by atoms with Crippen LogP contribution >= 0.6 is 0 Å². The van der Waals surface area contributed by atoms with Crippen LogP contribution in [0.2, 0.25) is 0 Å². The van der Waals surface area contributed by atoms with Crippen molar-refractivity contribution < 1.29 is 27.9 Å². The van der Waals surface area contributed by atoms with Gasteiger partial charge in [-0.1, -0.05) is 0 Å². The van der Waals surface area contributed by atoms with Gasteiger partial charge < -0.3 is 15.2 Å². The largest absolute Gasteiger partial charge is 0.495 e. The van der Waals surface area contributed by atoms with E-state index in [-0.39, 0.29) is 28.3 Å². The SMILES string of the molecule is COc1ccc(C(=O)NC2CC(C(=O)O)C2)cc1S(=O)(=O)NC1CC1. The minimum Gasteiger partial charge on any atom is -0.495 e. The number of rotatable bonds is 7. The third-order valence-electron chi connectivity index (χ3n) is 4.44. The van der Waals surface area contributed by atoms with Crippen LogP contribution < -0.4 is 14.8 Å². The molecule has 0 bridgehead atoms. The van der Waals surface area contributed by atoms with Crippen LogP contribution in [0, 0.1) is 5.92 Å². The molecule has 2 aliphatic carbocycles. The summed E-state index contributed by atoms with van der Waals surface area (Å²) in [4.78, 5) is 23.0. The molecule has 8 nitrogen and oxygen atoms in total. The summed E-state index contributed by atoms with van der Waals surface area (Å²) in [6.45, 7) is 0. The molecule has 2 saturated carbocycles. The topological polar surface area (TPSA) is 122 Å². The molecule has 2 fully saturated rings. The maximum atomic E-state index is 12.5. The van der Waals surface area contributed by atoms with Gasteiger partial charge in [-0.25, -0.2) is 13.1 Å². The van der Waals surface area contributed by atoms with E-state index >= 15 is 0 Å². The van der Waals surface area contributed by atoms with E-state index in [4.69, 9.17) is 9.84 Å². The van der Waals surface area contributed by atoms with Crippen LogP contribution in [0.5, 0.6) is 5.75 Å². The third-order valence-corrected chi connectivity index (χ3v) is 5.98. The number of methoxy groups -OCH3 is 1. The minimum absolute atomic E-state index is 0.0601. The molecule has 9 heteroatoms.